The Morgan fingerprint density at radius 3 is 2.72 bits per heavy atom. The predicted octanol–water partition coefficient (Wildman–Crippen LogP) is 4.29. The molecule has 1 saturated carbocycles. The van der Waals surface area contributed by atoms with Gasteiger partial charge in [0.2, 0.25) is 5.95 Å². The van der Waals surface area contributed by atoms with Crippen molar-refractivity contribution in [1.82, 2.24) is 14.5 Å². The molecule has 2 aliphatic rings. The zero-order valence-corrected chi connectivity index (χ0v) is 18.7. The molecule has 32 heavy (non-hydrogen) atoms. The summed E-state index contributed by atoms with van der Waals surface area (Å²) in [6.45, 7) is 3.27. The predicted molar refractivity (Wildman–Crippen MR) is 126 cm³/mol. The number of anilines is 3. The summed E-state index contributed by atoms with van der Waals surface area (Å²) in [6.07, 6.45) is 6.27. The van der Waals surface area contributed by atoms with Crippen LogP contribution in [0.5, 0.6) is 0 Å². The minimum absolute atomic E-state index is 0.0385. The number of rotatable bonds is 4. The molecule has 1 aliphatic carbocycles. The molecule has 1 aromatic carbocycles. The van der Waals surface area contributed by atoms with E-state index in [-0.39, 0.29) is 17.6 Å². The molecule has 1 unspecified atom stereocenters. The summed E-state index contributed by atoms with van der Waals surface area (Å²) in [7, 11) is 0. The Morgan fingerprint density at radius 1 is 1.25 bits per heavy atom. The van der Waals surface area contributed by atoms with Gasteiger partial charge < -0.3 is 16.0 Å². The lowest BCUT2D eigenvalue weighted by molar-refractivity contribution is 0.487. The fourth-order valence-corrected chi connectivity index (χ4v) is 5.14. The van der Waals surface area contributed by atoms with E-state index in [1.54, 1.807) is 13.1 Å². The van der Waals surface area contributed by atoms with Gasteiger partial charge in [0.25, 0.3) is 5.56 Å². The van der Waals surface area contributed by atoms with E-state index >= 15 is 0 Å². The number of aromatic nitrogens is 3. The van der Waals surface area contributed by atoms with Crippen molar-refractivity contribution in [3.63, 3.8) is 0 Å². The molecule has 2 aromatic heterocycles. The first-order valence-corrected chi connectivity index (χ1v) is 11.4. The molecule has 9 heteroatoms. The highest BCUT2D eigenvalue weighted by Crippen LogP contribution is 2.33. The molecule has 1 saturated heterocycles. The van der Waals surface area contributed by atoms with Crippen LogP contribution >= 0.6 is 11.6 Å². The van der Waals surface area contributed by atoms with Gasteiger partial charge in [0.15, 0.2) is 5.82 Å². The van der Waals surface area contributed by atoms with Crippen molar-refractivity contribution >= 4 is 40.0 Å². The molecule has 3 heterocycles. The van der Waals surface area contributed by atoms with Crippen LogP contribution in [-0.2, 0) is 0 Å². The van der Waals surface area contributed by atoms with Gasteiger partial charge in [-0.2, -0.15) is 4.98 Å². The van der Waals surface area contributed by atoms with Gasteiger partial charge in [0.1, 0.15) is 5.65 Å². The van der Waals surface area contributed by atoms with Crippen LogP contribution in [-0.4, -0.2) is 33.7 Å². The maximum absolute atomic E-state index is 14.6. The third kappa shape index (κ3) is 3.71. The van der Waals surface area contributed by atoms with Gasteiger partial charge in [0, 0.05) is 48.0 Å². The number of hydrogen-bond acceptors (Lipinski definition) is 6. The highest BCUT2D eigenvalue weighted by molar-refractivity contribution is 6.33. The lowest BCUT2D eigenvalue weighted by Crippen LogP contribution is -2.28. The molecule has 168 valence electrons. The fraction of sp³-hybridized carbons (Fsp3) is 0.435. The second kappa shape index (κ2) is 8.33. The van der Waals surface area contributed by atoms with Crippen LogP contribution < -0.4 is 21.5 Å². The average Bonchev–Trinajstić information content (AvgIpc) is 3.45. The van der Waals surface area contributed by atoms with E-state index in [0.717, 1.165) is 56.6 Å². The third-order valence-electron chi connectivity index (χ3n) is 6.60. The van der Waals surface area contributed by atoms with Crippen molar-refractivity contribution < 1.29 is 4.39 Å². The highest BCUT2D eigenvalue weighted by Gasteiger charge is 2.25. The summed E-state index contributed by atoms with van der Waals surface area (Å²) in [5.41, 5.74) is 7.83. The molecule has 0 bridgehead atoms. The number of pyridine rings is 1. The molecule has 1 aliphatic heterocycles. The minimum atomic E-state index is -0.724. The van der Waals surface area contributed by atoms with E-state index < -0.39 is 11.4 Å². The Bertz CT molecular complexity index is 1240. The number of nitrogens with zero attached hydrogens (tertiary/aromatic N) is 4. The van der Waals surface area contributed by atoms with Crippen LogP contribution in [0.15, 0.2) is 29.2 Å². The highest BCUT2D eigenvalue weighted by atomic mass is 35.5. The van der Waals surface area contributed by atoms with E-state index in [4.69, 9.17) is 17.3 Å². The second-order valence-corrected chi connectivity index (χ2v) is 9.18. The Labute approximate surface area is 190 Å². The zero-order chi connectivity index (χ0) is 22.4. The van der Waals surface area contributed by atoms with E-state index in [1.807, 2.05) is 18.2 Å². The summed E-state index contributed by atoms with van der Waals surface area (Å²) in [5, 5.41) is 4.35. The number of nitrogens with two attached hydrogens (primary N) is 1. The smallest absolute Gasteiger partial charge is 0.288 e. The van der Waals surface area contributed by atoms with E-state index in [0.29, 0.717) is 22.0 Å². The van der Waals surface area contributed by atoms with E-state index in [9.17, 15) is 9.18 Å². The van der Waals surface area contributed by atoms with E-state index in [1.165, 1.54) is 4.57 Å². The van der Waals surface area contributed by atoms with Crippen LogP contribution in [0, 0.1) is 12.7 Å². The van der Waals surface area contributed by atoms with Gasteiger partial charge in [-0.25, -0.2) is 9.37 Å². The number of hydrogen-bond donors (Lipinski definition) is 2. The van der Waals surface area contributed by atoms with Gasteiger partial charge >= 0.3 is 0 Å². The first-order valence-electron chi connectivity index (χ1n) is 11.1. The zero-order valence-electron chi connectivity index (χ0n) is 17.9. The third-order valence-corrected chi connectivity index (χ3v) is 6.90. The molecule has 2 fully saturated rings. The van der Waals surface area contributed by atoms with Crippen molar-refractivity contribution in [2.45, 2.75) is 51.1 Å². The summed E-state index contributed by atoms with van der Waals surface area (Å²) in [4.78, 5) is 23.9. The van der Waals surface area contributed by atoms with E-state index in [2.05, 4.69) is 20.2 Å². The molecule has 7 nitrogen and oxygen atoms in total. The molecule has 1 atom stereocenters. The number of nitrogens with one attached hydrogen (secondary N) is 1. The Kier molecular flexibility index (Phi) is 5.51. The van der Waals surface area contributed by atoms with Gasteiger partial charge in [-0.15, -0.1) is 0 Å². The molecule has 0 spiro atoms. The van der Waals surface area contributed by atoms with Gasteiger partial charge in [-0.1, -0.05) is 24.4 Å². The van der Waals surface area contributed by atoms with Crippen LogP contribution in [0.1, 0.15) is 43.7 Å². The monoisotopic (exact) mass is 456 g/mol. The molecular formula is C23H26ClFN6O. The molecule has 5 rings (SSSR count). The second-order valence-electron chi connectivity index (χ2n) is 8.77. The van der Waals surface area contributed by atoms with Gasteiger partial charge in [-0.3, -0.25) is 9.36 Å². The van der Waals surface area contributed by atoms with Crippen LogP contribution in [0.4, 0.5) is 21.7 Å². The normalized spacial score (nSPS) is 19.2. The quantitative estimate of drug-likeness (QED) is 0.608. The number of halogens is 2. The van der Waals surface area contributed by atoms with Crippen LogP contribution in [0.3, 0.4) is 0 Å². The van der Waals surface area contributed by atoms with Gasteiger partial charge in [0.05, 0.1) is 10.7 Å². The molecule has 3 aromatic rings. The maximum atomic E-state index is 14.6. The summed E-state index contributed by atoms with van der Waals surface area (Å²) >= 11 is 6.54. The van der Waals surface area contributed by atoms with Gasteiger partial charge in [-0.05, 0) is 44.4 Å². The summed E-state index contributed by atoms with van der Waals surface area (Å²) < 4.78 is 16.1. The molecular weight excluding hydrogens is 431 g/mol. The van der Waals surface area contributed by atoms with Crippen molar-refractivity contribution in [3.8, 4) is 0 Å². The molecule has 0 radical (unpaired) electrons. The van der Waals surface area contributed by atoms with Crippen molar-refractivity contribution in [2.24, 2.45) is 5.73 Å². The number of aryl methyl sites for hydroxylation is 1. The summed E-state index contributed by atoms with van der Waals surface area (Å²) in [5.74, 6) is -0.389. The Balaban J connectivity index is 1.50. The van der Waals surface area contributed by atoms with Crippen LogP contribution in [0.25, 0.3) is 11.0 Å². The first kappa shape index (κ1) is 21.2. The molecule has 3 N–H and O–H groups in total. The topological polar surface area (TPSA) is 89.1 Å². The average molecular weight is 457 g/mol. The van der Waals surface area contributed by atoms with Crippen molar-refractivity contribution in [1.29, 1.82) is 0 Å². The minimum Gasteiger partial charge on any atom is -0.369 e. The lowest BCUT2D eigenvalue weighted by atomic mass is 10.1. The Hall–Kier alpha value is -2.71. The fourth-order valence-electron chi connectivity index (χ4n) is 4.84. The first-order chi connectivity index (χ1) is 15.4. The summed E-state index contributed by atoms with van der Waals surface area (Å²) in [6, 6.07) is 5.83. The lowest BCUT2D eigenvalue weighted by Gasteiger charge is -2.20. The standard InChI is InChI=1S/C23H26ClFN6O/c1-13-17-11-27-23(29-21(17)31(22(32)20(13)25)16-4-2-3-5-16)28-15-6-7-19(18(24)10-15)30-9-8-14(26)12-30/h6-7,10-11,14,16H,2-5,8-9,12,26H2,1H3,(H,27,28,29). The van der Waals surface area contributed by atoms with Crippen molar-refractivity contribution in [2.75, 3.05) is 23.3 Å². The number of fused-ring (bicyclic) bond motifs is 1. The Morgan fingerprint density at radius 2 is 2.03 bits per heavy atom. The number of benzene rings is 1. The largest absolute Gasteiger partial charge is 0.369 e. The van der Waals surface area contributed by atoms with Crippen molar-refractivity contribution in [3.05, 3.63) is 51.2 Å². The molecule has 0 amide bonds. The van der Waals surface area contributed by atoms with Crippen LogP contribution in [0.2, 0.25) is 5.02 Å². The SMILES string of the molecule is Cc1c(F)c(=O)n(C2CCCC2)c2nc(Nc3ccc(N4CCC(N)C4)c(Cl)c3)ncc12. The maximum Gasteiger partial charge on any atom is 0.288 e.